The van der Waals surface area contributed by atoms with Crippen LogP contribution < -0.4 is 10.9 Å². The number of pyridine rings is 1. The number of carboxylic acid groups (broad SMARTS) is 1. The Bertz CT molecular complexity index is 832. The summed E-state index contributed by atoms with van der Waals surface area (Å²) in [5, 5.41) is 12.2. The molecule has 2 aromatic rings. The maximum Gasteiger partial charge on any atom is 0.339 e. The van der Waals surface area contributed by atoms with Crippen molar-refractivity contribution in [3.63, 3.8) is 0 Å². The van der Waals surface area contributed by atoms with Gasteiger partial charge in [0.25, 0.3) is 5.56 Å². The number of nitrogens with zero attached hydrogens (tertiary/aromatic N) is 1. The Labute approximate surface area is 133 Å². The smallest absolute Gasteiger partial charge is 0.339 e. The van der Waals surface area contributed by atoms with Crippen LogP contribution in [0.25, 0.3) is 0 Å². The first-order chi connectivity index (χ1) is 10.5. The fourth-order valence-corrected chi connectivity index (χ4v) is 3.01. The number of carboxylic acids is 1. The molecule has 1 aromatic carbocycles. The molecule has 0 radical (unpaired) electrons. The molecule has 114 valence electrons. The van der Waals surface area contributed by atoms with Gasteiger partial charge < -0.3 is 15.0 Å². The lowest BCUT2D eigenvalue weighted by Crippen LogP contribution is -2.23. The second kappa shape index (κ2) is 5.57. The summed E-state index contributed by atoms with van der Waals surface area (Å²) in [6, 6.07) is 5.59. The molecule has 0 saturated heterocycles. The monoisotopic (exact) mass is 366 g/mol. The first-order valence-electron chi connectivity index (χ1n) is 6.69. The zero-order valence-electron chi connectivity index (χ0n) is 11.4. The van der Waals surface area contributed by atoms with Crippen molar-refractivity contribution >= 4 is 33.3 Å². The quantitative estimate of drug-likeness (QED) is 0.875. The van der Waals surface area contributed by atoms with E-state index in [9.17, 15) is 19.1 Å². The summed E-state index contributed by atoms with van der Waals surface area (Å²) < 4.78 is 16.0. The highest BCUT2D eigenvalue weighted by atomic mass is 79.9. The summed E-state index contributed by atoms with van der Waals surface area (Å²) in [5.74, 6) is -1.67. The van der Waals surface area contributed by atoms with Crippen LogP contribution in [0.2, 0.25) is 0 Å². The van der Waals surface area contributed by atoms with E-state index in [1.165, 1.54) is 22.8 Å². The van der Waals surface area contributed by atoms with E-state index in [-0.39, 0.29) is 22.5 Å². The summed E-state index contributed by atoms with van der Waals surface area (Å²) in [6.45, 7) is 0.515. The second-order valence-electron chi connectivity index (χ2n) is 5.03. The van der Waals surface area contributed by atoms with Crippen molar-refractivity contribution in [2.24, 2.45) is 0 Å². The molecule has 2 N–H and O–H groups in total. The number of halogens is 2. The molecule has 5 nitrogen and oxygen atoms in total. The SMILES string of the molecule is O=C(O)c1c(Nc2ccc(Br)cc2F)cc(=O)n2c1CCC2. The van der Waals surface area contributed by atoms with Crippen LogP contribution in [0.4, 0.5) is 15.8 Å². The zero-order valence-corrected chi connectivity index (χ0v) is 13.0. The third-order valence-electron chi connectivity index (χ3n) is 3.63. The van der Waals surface area contributed by atoms with Gasteiger partial charge in [-0.3, -0.25) is 4.79 Å². The number of hydrogen-bond acceptors (Lipinski definition) is 3. The number of anilines is 2. The van der Waals surface area contributed by atoms with E-state index in [0.29, 0.717) is 23.1 Å². The van der Waals surface area contributed by atoms with E-state index in [0.717, 1.165) is 6.42 Å². The van der Waals surface area contributed by atoms with Gasteiger partial charge in [-0.25, -0.2) is 9.18 Å². The van der Waals surface area contributed by atoms with Crippen LogP contribution in [0.15, 0.2) is 33.5 Å². The van der Waals surface area contributed by atoms with Gasteiger partial charge in [0.15, 0.2) is 0 Å². The first-order valence-corrected chi connectivity index (χ1v) is 7.49. The average molecular weight is 367 g/mol. The van der Waals surface area contributed by atoms with Crippen LogP contribution in [-0.2, 0) is 13.0 Å². The second-order valence-corrected chi connectivity index (χ2v) is 5.94. The molecule has 7 heteroatoms. The number of fused-ring (bicyclic) bond motifs is 1. The van der Waals surface area contributed by atoms with Crippen molar-refractivity contribution in [3.8, 4) is 0 Å². The highest BCUT2D eigenvalue weighted by Crippen LogP contribution is 2.28. The highest BCUT2D eigenvalue weighted by Gasteiger charge is 2.24. The number of benzene rings is 1. The number of nitrogens with one attached hydrogen (secondary N) is 1. The van der Waals surface area contributed by atoms with Crippen LogP contribution in [0, 0.1) is 5.82 Å². The zero-order chi connectivity index (χ0) is 15.9. The van der Waals surface area contributed by atoms with E-state index in [2.05, 4.69) is 21.2 Å². The van der Waals surface area contributed by atoms with Gasteiger partial charge in [0.1, 0.15) is 11.4 Å². The number of aromatic carboxylic acids is 1. The van der Waals surface area contributed by atoms with Gasteiger partial charge in [-0.2, -0.15) is 0 Å². The molecular weight excluding hydrogens is 355 g/mol. The van der Waals surface area contributed by atoms with Crippen molar-refractivity contribution in [2.45, 2.75) is 19.4 Å². The van der Waals surface area contributed by atoms with Gasteiger partial charge in [0.05, 0.1) is 11.4 Å². The Morgan fingerprint density at radius 3 is 2.77 bits per heavy atom. The molecule has 2 heterocycles. The maximum absolute atomic E-state index is 13.9. The van der Waals surface area contributed by atoms with Gasteiger partial charge >= 0.3 is 5.97 Å². The summed E-state index contributed by atoms with van der Waals surface area (Å²) in [5.41, 5.74) is 0.469. The number of aromatic nitrogens is 1. The lowest BCUT2D eigenvalue weighted by molar-refractivity contribution is 0.0696. The topological polar surface area (TPSA) is 71.3 Å². The third-order valence-corrected chi connectivity index (χ3v) is 4.12. The van der Waals surface area contributed by atoms with Crippen molar-refractivity contribution < 1.29 is 14.3 Å². The first kappa shape index (κ1) is 14.8. The molecule has 1 aliphatic rings. The summed E-state index contributed by atoms with van der Waals surface area (Å²) in [6.07, 6.45) is 1.25. The number of hydrogen-bond donors (Lipinski definition) is 2. The van der Waals surface area contributed by atoms with Crippen LogP contribution in [0.1, 0.15) is 22.5 Å². The largest absolute Gasteiger partial charge is 0.478 e. The predicted octanol–water partition coefficient (Wildman–Crippen LogP) is 3.14. The van der Waals surface area contributed by atoms with Gasteiger partial charge in [0, 0.05) is 22.8 Å². The lowest BCUT2D eigenvalue weighted by Gasteiger charge is -2.14. The third kappa shape index (κ3) is 2.52. The predicted molar refractivity (Wildman–Crippen MR) is 83.4 cm³/mol. The molecule has 1 aromatic heterocycles. The minimum atomic E-state index is -1.13. The average Bonchev–Trinajstić information content (AvgIpc) is 2.91. The fourth-order valence-electron chi connectivity index (χ4n) is 2.68. The summed E-state index contributed by atoms with van der Waals surface area (Å²) >= 11 is 3.16. The van der Waals surface area contributed by atoms with Crippen LogP contribution in [-0.4, -0.2) is 15.6 Å². The van der Waals surface area contributed by atoms with E-state index in [4.69, 9.17) is 0 Å². The van der Waals surface area contributed by atoms with Crippen molar-refractivity contribution in [1.29, 1.82) is 0 Å². The molecular formula is C15H12BrFN2O3. The highest BCUT2D eigenvalue weighted by molar-refractivity contribution is 9.10. The molecule has 22 heavy (non-hydrogen) atoms. The van der Waals surface area contributed by atoms with Crippen LogP contribution in [0.3, 0.4) is 0 Å². The molecule has 0 spiro atoms. The van der Waals surface area contributed by atoms with Crippen molar-refractivity contribution in [2.75, 3.05) is 5.32 Å². The summed E-state index contributed by atoms with van der Waals surface area (Å²) in [4.78, 5) is 23.6. The van der Waals surface area contributed by atoms with Crippen LogP contribution >= 0.6 is 15.9 Å². The lowest BCUT2D eigenvalue weighted by atomic mass is 10.1. The Morgan fingerprint density at radius 1 is 1.32 bits per heavy atom. The van der Waals surface area contributed by atoms with Gasteiger partial charge in [0.2, 0.25) is 0 Å². The Balaban J connectivity index is 2.13. The van der Waals surface area contributed by atoms with E-state index in [1.54, 1.807) is 6.07 Å². The molecule has 1 aliphatic heterocycles. The fraction of sp³-hybridized carbons (Fsp3) is 0.200. The van der Waals surface area contributed by atoms with Gasteiger partial charge in [-0.1, -0.05) is 15.9 Å². The minimum Gasteiger partial charge on any atom is -0.478 e. The number of rotatable bonds is 3. The molecule has 0 bridgehead atoms. The van der Waals surface area contributed by atoms with Crippen molar-refractivity contribution in [1.82, 2.24) is 4.57 Å². The van der Waals surface area contributed by atoms with Gasteiger partial charge in [-0.05, 0) is 31.0 Å². The molecule has 0 aliphatic carbocycles. The minimum absolute atomic E-state index is 0.0272. The van der Waals surface area contributed by atoms with E-state index < -0.39 is 11.8 Å². The Hall–Kier alpha value is -2.15. The van der Waals surface area contributed by atoms with Crippen LogP contribution in [0.5, 0.6) is 0 Å². The Kier molecular flexibility index (Phi) is 3.74. The summed E-state index contributed by atoms with van der Waals surface area (Å²) in [7, 11) is 0. The standard InChI is InChI=1S/C15H12BrFN2O3/c16-8-3-4-10(9(17)6-8)18-11-7-13(20)19-5-1-2-12(19)14(11)15(21)22/h3-4,6-7,18H,1-2,5H2,(H,21,22). The molecule has 0 saturated carbocycles. The normalized spacial score (nSPS) is 13.0. The molecule has 0 unspecified atom stereocenters. The van der Waals surface area contributed by atoms with Crippen molar-refractivity contribution in [3.05, 3.63) is 56.2 Å². The maximum atomic E-state index is 13.9. The molecule has 0 fully saturated rings. The van der Waals surface area contributed by atoms with E-state index >= 15 is 0 Å². The van der Waals surface area contributed by atoms with Gasteiger partial charge in [-0.15, -0.1) is 0 Å². The van der Waals surface area contributed by atoms with E-state index in [1.807, 2.05) is 0 Å². The number of carbonyl (C=O) groups is 1. The molecule has 0 atom stereocenters. The molecule has 3 rings (SSSR count). The molecule has 0 amide bonds. The Morgan fingerprint density at radius 2 is 2.09 bits per heavy atom.